The molecule has 0 radical (unpaired) electrons. The summed E-state index contributed by atoms with van der Waals surface area (Å²) >= 11 is 1.60. The van der Waals surface area contributed by atoms with Gasteiger partial charge in [-0.25, -0.2) is 0 Å². The van der Waals surface area contributed by atoms with E-state index in [1.54, 1.807) is 16.8 Å². The van der Waals surface area contributed by atoms with Crippen LogP contribution in [0.2, 0.25) is 0 Å². The van der Waals surface area contributed by atoms with Gasteiger partial charge < -0.3 is 5.32 Å². The summed E-state index contributed by atoms with van der Waals surface area (Å²) in [6.45, 7) is 1.50. The summed E-state index contributed by atoms with van der Waals surface area (Å²) in [4.78, 5) is 16.0. The van der Waals surface area contributed by atoms with Gasteiger partial charge >= 0.3 is 0 Å². The number of nitrogens with zero attached hydrogens (tertiary/aromatic N) is 1. The maximum absolute atomic E-state index is 10.8. The first kappa shape index (κ1) is 9.86. The number of hydrogen-bond donors (Lipinski definition) is 1. The lowest BCUT2D eigenvalue weighted by atomic mass is 10.2. The minimum atomic E-state index is -0.0551. The van der Waals surface area contributed by atoms with Crippen molar-refractivity contribution >= 4 is 22.9 Å². The first-order chi connectivity index (χ1) is 7.25. The fraction of sp³-hybridized carbons (Fsp3) is 0.0909. The number of hydrogen-bond acceptors (Lipinski definition) is 3. The number of amides is 1. The molecule has 0 aliphatic heterocycles. The van der Waals surface area contributed by atoms with Gasteiger partial charge in [-0.1, -0.05) is 12.1 Å². The van der Waals surface area contributed by atoms with Crippen LogP contribution in [0.1, 0.15) is 6.92 Å². The van der Waals surface area contributed by atoms with Gasteiger partial charge in [0.25, 0.3) is 0 Å². The third-order valence-electron chi connectivity index (χ3n) is 1.92. The van der Waals surface area contributed by atoms with E-state index in [9.17, 15) is 4.79 Å². The van der Waals surface area contributed by atoms with Crippen LogP contribution in [0.25, 0.3) is 10.4 Å². The van der Waals surface area contributed by atoms with Crippen molar-refractivity contribution in [3.63, 3.8) is 0 Å². The molecule has 0 fully saturated rings. The predicted octanol–water partition coefficient (Wildman–Crippen LogP) is 2.77. The highest BCUT2D eigenvalue weighted by atomic mass is 32.1. The quantitative estimate of drug-likeness (QED) is 0.842. The van der Waals surface area contributed by atoms with Gasteiger partial charge in [0.2, 0.25) is 5.91 Å². The highest BCUT2D eigenvalue weighted by molar-refractivity contribution is 7.13. The lowest BCUT2D eigenvalue weighted by Crippen LogP contribution is -2.05. The SMILES string of the molecule is CC(=O)Nc1ccc(-c2cncs2)cc1. The molecule has 1 N–H and O–H groups in total. The summed E-state index contributed by atoms with van der Waals surface area (Å²) in [6, 6.07) is 7.71. The number of carbonyl (C=O) groups is 1. The Morgan fingerprint density at radius 3 is 2.60 bits per heavy atom. The molecule has 1 aromatic carbocycles. The van der Waals surface area contributed by atoms with Crippen molar-refractivity contribution in [3.8, 4) is 10.4 Å². The Kier molecular flexibility index (Phi) is 2.78. The molecule has 0 aliphatic carbocycles. The lowest BCUT2D eigenvalue weighted by Gasteiger charge is -2.02. The van der Waals surface area contributed by atoms with Crippen molar-refractivity contribution in [1.82, 2.24) is 4.98 Å². The minimum Gasteiger partial charge on any atom is -0.326 e. The van der Waals surface area contributed by atoms with Gasteiger partial charge in [-0.15, -0.1) is 11.3 Å². The molecule has 1 amide bonds. The van der Waals surface area contributed by atoms with Gasteiger partial charge in [0.1, 0.15) is 0 Å². The van der Waals surface area contributed by atoms with Crippen molar-refractivity contribution < 1.29 is 4.79 Å². The summed E-state index contributed by atoms with van der Waals surface area (Å²) in [7, 11) is 0. The monoisotopic (exact) mass is 218 g/mol. The number of benzene rings is 1. The molecule has 76 valence electrons. The molecular weight excluding hydrogens is 208 g/mol. The summed E-state index contributed by atoms with van der Waals surface area (Å²) in [6.07, 6.45) is 1.83. The molecule has 0 spiro atoms. The lowest BCUT2D eigenvalue weighted by molar-refractivity contribution is -0.114. The van der Waals surface area contributed by atoms with E-state index in [0.717, 1.165) is 16.1 Å². The van der Waals surface area contributed by atoms with Crippen molar-refractivity contribution in [3.05, 3.63) is 36.0 Å². The first-order valence-electron chi connectivity index (χ1n) is 4.52. The van der Waals surface area contributed by atoms with Crippen molar-refractivity contribution in [2.24, 2.45) is 0 Å². The molecule has 0 aliphatic rings. The van der Waals surface area contributed by atoms with Gasteiger partial charge in [-0.2, -0.15) is 0 Å². The second kappa shape index (κ2) is 4.23. The molecule has 1 heterocycles. The molecule has 3 nitrogen and oxygen atoms in total. The Hall–Kier alpha value is -1.68. The third-order valence-corrected chi connectivity index (χ3v) is 2.74. The summed E-state index contributed by atoms with van der Waals surface area (Å²) in [5, 5.41) is 2.73. The van der Waals surface area contributed by atoms with E-state index in [4.69, 9.17) is 0 Å². The van der Waals surface area contributed by atoms with Gasteiger partial charge in [0.05, 0.1) is 10.4 Å². The standard InChI is InChI=1S/C11H10N2OS/c1-8(14)13-10-4-2-9(3-5-10)11-6-12-7-15-11/h2-7H,1H3,(H,13,14). The molecule has 0 saturated carbocycles. The molecule has 2 aromatic rings. The zero-order valence-corrected chi connectivity index (χ0v) is 9.04. The van der Waals surface area contributed by atoms with E-state index in [1.807, 2.05) is 30.5 Å². The number of anilines is 1. The minimum absolute atomic E-state index is 0.0551. The Bertz CT molecular complexity index is 448. The normalized spacial score (nSPS) is 9.93. The molecule has 0 bridgehead atoms. The zero-order chi connectivity index (χ0) is 10.7. The van der Waals surface area contributed by atoms with Gasteiger partial charge in [0, 0.05) is 18.8 Å². The highest BCUT2D eigenvalue weighted by Crippen LogP contribution is 2.24. The van der Waals surface area contributed by atoms with Crippen LogP contribution < -0.4 is 5.32 Å². The summed E-state index contributed by atoms with van der Waals surface area (Å²) < 4.78 is 0. The van der Waals surface area contributed by atoms with E-state index in [2.05, 4.69) is 10.3 Å². The van der Waals surface area contributed by atoms with Gasteiger partial charge in [-0.05, 0) is 17.7 Å². The number of rotatable bonds is 2. The predicted molar refractivity (Wildman–Crippen MR) is 61.9 cm³/mol. The van der Waals surface area contributed by atoms with Crippen LogP contribution in [-0.4, -0.2) is 10.9 Å². The molecule has 0 saturated heterocycles. The number of carbonyl (C=O) groups excluding carboxylic acids is 1. The van der Waals surface area contributed by atoms with Crippen LogP contribution in [0, 0.1) is 0 Å². The molecule has 0 unspecified atom stereocenters. The first-order valence-corrected chi connectivity index (χ1v) is 5.40. The van der Waals surface area contributed by atoms with Crippen LogP contribution >= 0.6 is 11.3 Å². The van der Waals surface area contributed by atoms with Gasteiger partial charge in [0.15, 0.2) is 0 Å². The summed E-state index contributed by atoms with van der Waals surface area (Å²) in [5.74, 6) is -0.0551. The largest absolute Gasteiger partial charge is 0.326 e. The average Bonchev–Trinajstić information content (AvgIpc) is 2.71. The maximum atomic E-state index is 10.8. The second-order valence-corrected chi connectivity index (χ2v) is 4.01. The van der Waals surface area contributed by atoms with E-state index >= 15 is 0 Å². The molecule has 0 atom stereocenters. The Morgan fingerprint density at radius 1 is 1.33 bits per heavy atom. The average molecular weight is 218 g/mol. The zero-order valence-electron chi connectivity index (χ0n) is 8.23. The van der Waals surface area contributed by atoms with E-state index in [0.29, 0.717) is 0 Å². The molecule has 2 rings (SSSR count). The van der Waals surface area contributed by atoms with Crippen molar-refractivity contribution in [2.45, 2.75) is 6.92 Å². The molecule has 15 heavy (non-hydrogen) atoms. The van der Waals surface area contributed by atoms with Crippen molar-refractivity contribution in [1.29, 1.82) is 0 Å². The Balaban J connectivity index is 2.21. The fourth-order valence-electron chi connectivity index (χ4n) is 1.28. The van der Waals surface area contributed by atoms with E-state index in [1.165, 1.54) is 6.92 Å². The fourth-order valence-corrected chi connectivity index (χ4v) is 1.91. The van der Waals surface area contributed by atoms with Crippen molar-refractivity contribution in [2.75, 3.05) is 5.32 Å². The Labute approximate surface area is 91.8 Å². The van der Waals surface area contributed by atoms with E-state index < -0.39 is 0 Å². The summed E-state index contributed by atoms with van der Waals surface area (Å²) in [5.41, 5.74) is 3.74. The van der Waals surface area contributed by atoms with Crippen LogP contribution in [0.15, 0.2) is 36.0 Å². The van der Waals surface area contributed by atoms with Crippen LogP contribution in [0.4, 0.5) is 5.69 Å². The second-order valence-electron chi connectivity index (χ2n) is 3.12. The Morgan fingerprint density at radius 2 is 2.07 bits per heavy atom. The van der Waals surface area contributed by atoms with Crippen LogP contribution in [0.3, 0.4) is 0 Å². The third kappa shape index (κ3) is 2.41. The molecular formula is C11H10N2OS. The maximum Gasteiger partial charge on any atom is 0.221 e. The van der Waals surface area contributed by atoms with E-state index in [-0.39, 0.29) is 5.91 Å². The van der Waals surface area contributed by atoms with Gasteiger partial charge in [-0.3, -0.25) is 9.78 Å². The number of aromatic nitrogens is 1. The smallest absolute Gasteiger partial charge is 0.221 e. The van der Waals surface area contributed by atoms with Crippen LogP contribution in [0.5, 0.6) is 0 Å². The highest BCUT2D eigenvalue weighted by Gasteiger charge is 1.99. The number of nitrogens with one attached hydrogen (secondary N) is 1. The van der Waals surface area contributed by atoms with Crippen LogP contribution in [-0.2, 0) is 4.79 Å². The number of thiazole rings is 1. The molecule has 4 heteroatoms. The molecule has 1 aromatic heterocycles. The topological polar surface area (TPSA) is 42.0 Å².